The highest BCUT2D eigenvalue weighted by molar-refractivity contribution is 5.85. The van der Waals surface area contributed by atoms with Crippen LogP contribution in [-0.2, 0) is 0 Å². The fourth-order valence-electron chi connectivity index (χ4n) is 2.38. The highest BCUT2D eigenvalue weighted by Gasteiger charge is 2.23. The molecule has 1 aliphatic carbocycles. The van der Waals surface area contributed by atoms with Crippen LogP contribution >= 0.6 is 0 Å². The summed E-state index contributed by atoms with van der Waals surface area (Å²) >= 11 is 0. The van der Waals surface area contributed by atoms with Gasteiger partial charge in [0.1, 0.15) is 17.5 Å². The van der Waals surface area contributed by atoms with Crippen molar-refractivity contribution in [1.29, 1.82) is 0 Å². The number of anilines is 3. The minimum atomic E-state index is -0.328. The maximum atomic E-state index is 13.3. The lowest BCUT2D eigenvalue weighted by Crippen LogP contribution is -2.09. The van der Waals surface area contributed by atoms with E-state index in [0.29, 0.717) is 28.8 Å². The Hall–Kier alpha value is -2.96. The quantitative estimate of drug-likeness (QED) is 0.709. The van der Waals surface area contributed by atoms with Gasteiger partial charge >= 0.3 is 0 Å². The molecule has 116 valence electrons. The Labute approximate surface area is 131 Å². The van der Waals surface area contributed by atoms with E-state index in [1.165, 1.54) is 18.3 Å². The van der Waals surface area contributed by atoms with Crippen LogP contribution in [0.5, 0.6) is 0 Å². The van der Waals surface area contributed by atoms with E-state index in [0.717, 1.165) is 24.9 Å². The number of carbonyl (C=O) groups is 1. The first kappa shape index (κ1) is 13.7. The van der Waals surface area contributed by atoms with Gasteiger partial charge in [-0.25, -0.2) is 9.37 Å². The number of benzene rings is 1. The topological polar surface area (TPSA) is 71.3 Å². The van der Waals surface area contributed by atoms with Gasteiger partial charge < -0.3 is 10.6 Å². The van der Waals surface area contributed by atoms with Crippen molar-refractivity contribution in [3.8, 4) is 0 Å². The largest absolute Gasteiger partial charge is 0.367 e. The molecular weight excluding hydrogens is 297 g/mol. The number of hydrogen-bond acceptors (Lipinski definition) is 5. The zero-order valence-corrected chi connectivity index (χ0v) is 12.2. The summed E-state index contributed by atoms with van der Waals surface area (Å²) in [6, 6.07) is 8.36. The van der Waals surface area contributed by atoms with E-state index in [-0.39, 0.29) is 5.82 Å². The molecule has 0 spiro atoms. The smallest absolute Gasteiger partial charge is 0.170 e. The van der Waals surface area contributed by atoms with E-state index < -0.39 is 0 Å². The van der Waals surface area contributed by atoms with Crippen LogP contribution in [0.4, 0.5) is 21.7 Å². The van der Waals surface area contributed by atoms with Crippen LogP contribution in [0.2, 0.25) is 0 Å². The van der Waals surface area contributed by atoms with Gasteiger partial charge in [0.15, 0.2) is 11.9 Å². The summed E-state index contributed by atoms with van der Waals surface area (Å²) < 4.78 is 14.9. The van der Waals surface area contributed by atoms with E-state index in [2.05, 4.69) is 20.7 Å². The van der Waals surface area contributed by atoms with Crippen molar-refractivity contribution in [3.63, 3.8) is 0 Å². The molecule has 1 aliphatic rings. The van der Waals surface area contributed by atoms with E-state index >= 15 is 0 Å². The molecule has 4 rings (SSSR count). The number of halogens is 1. The molecule has 1 aromatic carbocycles. The number of fused-ring (bicyclic) bond motifs is 1. The first-order valence-corrected chi connectivity index (χ1v) is 7.36. The Balaban J connectivity index is 1.77. The lowest BCUT2D eigenvalue weighted by atomic mass is 10.3. The van der Waals surface area contributed by atoms with Gasteiger partial charge in [-0.05, 0) is 31.0 Å². The summed E-state index contributed by atoms with van der Waals surface area (Å²) in [6.45, 7) is 0. The van der Waals surface area contributed by atoms with Gasteiger partial charge in [0.2, 0.25) is 0 Å². The first-order chi connectivity index (χ1) is 11.2. The molecule has 2 heterocycles. The van der Waals surface area contributed by atoms with E-state index in [1.807, 2.05) is 0 Å². The molecule has 0 aliphatic heterocycles. The Kier molecular flexibility index (Phi) is 3.18. The fourth-order valence-corrected chi connectivity index (χ4v) is 2.38. The standard InChI is InChI=1S/C16H14FN5O/c17-11-2-1-3-13(6-11)19-14-7-15(20-12-4-5-12)22-16(21-14)10(9-23)8-18-22/h1-3,6-9,12,20H,4-5H2,(H,19,21). The zero-order valence-electron chi connectivity index (χ0n) is 12.2. The molecule has 7 heteroatoms. The van der Waals surface area contributed by atoms with Gasteiger partial charge in [-0.1, -0.05) is 6.07 Å². The second kappa shape index (κ2) is 5.35. The van der Waals surface area contributed by atoms with E-state index in [9.17, 15) is 9.18 Å². The van der Waals surface area contributed by atoms with Gasteiger partial charge in [-0.3, -0.25) is 4.79 Å². The van der Waals surface area contributed by atoms with Crippen LogP contribution in [0.25, 0.3) is 5.65 Å². The summed E-state index contributed by atoms with van der Waals surface area (Å²) in [4.78, 5) is 15.6. The number of nitrogens with one attached hydrogen (secondary N) is 2. The second-order valence-electron chi connectivity index (χ2n) is 5.53. The molecule has 3 aromatic rings. The highest BCUT2D eigenvalue weighted by atomic mass is 19.1. The Morgan fingerprint density at radius 1 is 1.30 bits per heavy atom. The van der Waals surface area contributed by atoms with E-state index in [1.54, 1.807) is 22.7 Å². The SMILES string of the molecule is O=Cc1cnn2c(NC3CC3)cc(Nc3cccc(F)c3)nc12. The number of aldehydes is 1. The van der Waals surface area contributed by atoms with Crippen molar-refractivity contribution in [2.24, 2.45) is 0 Å². The van der Waals surface area contributed by atoms with Gasteiger partial charge in [-0.15, -0.1) is 0 Å². The molecule has 0 radical (unpaired) electrons. The zero-order chi connectivity index (χ0) is 15.8. The van der Waals surface area contributed by atoms with Gasteiger partial charge in [0.25, 0.3) is 0 Å². The van der Waals surface area contributed by atoms with Crippen LogP contribution in [0.1, 0.15) is 23.2 Å². The monoisotopic (exact) mass is 311 g/mol. The molecule has 0 unspecified atom stereocenters. The molecule has 23 heavy (non-hydrogen) atoms. The number of hydrogen-bond donors (Lipinski definition) is 2. The van der Waals surface area contributed by atoms with Gasteiger partial charge in [-0.2, -0.15) is 9.61 Å². The molecule has 0 amide bonds. The normalized spacial score (nSPS) is 14.0. The number of rotatable bonds is 5. The number of aromatic nitrogens is 3. The van der Waals surface area contributed by atoms with Crippen molar-refractivity contribution in [2.45, 2.75) is 18.9 Å². The summed E-state index contributed by atoms with van der Waals surface area (Å²) in [5.41, 5.74) is 1.46. The minimum absolute atomic E-state index is 0.328. The van der Waals surface area contributed by atoms with Crippen LogP contribution in [0.15, 0.2) is 36.5 Å². The molecule has 1 saturated carbocycles. The third-order valence-corrected chi connectivity index (χ3v) is 3.65. The van der Waals surface area contributed by atoms with Crippen molar-refractivity contribution >= 4 is 29.3 Å². The summed E-state index contributed by atoms with van der Waals surface area (Å²) in [7, 11) is 0. The van der Waals surface area contributed by atoms with Crippen LogP contribution in [-0.4, -0.2) is 26.9 Å². The van der Waals surface area contributed by atoms with Gasteiger partial charge in [0, 0.05) is 17.8 Å². The number of carbonyl (C=O) groups excluding carboxylic acids is 1. The fraction of sp³-hybridized carbons (Fsp3) is 0.188. The molecule has 0 atom stereocenters. The van der Waals surface area contributed by atoms with Gasteiger partial charge in [0.05, 0.1) is 11.8 Å². The molecule has 0 bridgehead atoms. The average molecular weight is 311 g/mol. The third kappa shape index (κ3) is 2.73. The lowest BCUT2D eigenvalue weighted by Gasteiger charge is -2.11. The van der Waals surface area contributed by atoms with Crippen LogP contribution < -0.4 is 10.6 Å². The van der Waals surface area contributed by atoms with Crippen LogP contribution in [0.3, 0.4) is 0 Å². The van der Waals surface area contributed by atoms with Crippen LogP contribution in [0, 0.1) is 5.82 Å². The minimum Gasteiger partial charge on any atom is -0.367 e. The average Bonchev–Trinajstić information content (AvgIpc) is 3.24. The molecular formula is C16H14FN5O. The Bertz CT molecular complexity index is 887. The molecule has 1 fully saturated rings. The predicted octanol–water partition coefficient (Wildman–Crippen LogP) is 3.00. The van der Waals surface area contributed by atoms with E-state index in [4.69, 9.17) is 0 Å². The molecule has 2 N–H and O–H groups in total. The van der Waals surface area contributed by atoms with Crippen molar-refractivity contribution in [3.05, 3.63) is 47.9 Å². The van der Waals surface area contributed by atoms with Crippen molar-refractivity contribution in [2.75, 3.05) is 10.6 Å². The molecule has 2 aromatic heterocycles. The Morgan fingerprint density at radius 2 is 2.17 bits per heavy atom. The maximum absolute atomic E-state index is 13.3. The lowest BCUT2D eigenvalue weighted by molar-refractivity contribution is 0.112. The van der Waals surface area contributed by atoms with Crippen molar-refractivity contribution < 1.29 is 9.18 Å². The summed E-state index contributed by atoms with van der Waals surface area (Å²) in [5, 5.41) is 10.6. The first-order valence-electron chi connectivity index (χ1n) is 7.36. The number of nitrogens with zero attached hydrogens (tertiary/aromatic N) is 3. The van der Waals surface area contributed by atoms with Crippen molar-refractivity contribution in [1.82, 2.24) is 14.6 Å². The maximum Gasteiger partial charge on any atom is 0.170 e. The summed E-state index contributed by atoms with van der Waals surface area (Å²) in [5.74, 6) is 0.949. The highest BCUT2D eigenvalue weighted by Crippen LogP contribution is 2.27. The Morgan fingerprint density at radius 3 is 2.91 bits per heavy atom. The summed E-state index contributed by atoms with van der Waals surface area (Å²) in [6.07, 6.45) is 4.43. The molecule has 6 nitrogen and oxygen atoms in total. The molecule has 0 saturated heterocycles. The predicted molar refractivity (Wildman–Crippen MR) is 84.7 cm³/mol. The second-order valence-corrected chi connectivity index (χ2v) is 5.53. The third-order valence-electron chi connectivity index (χ3n) is 3.65.